The Labute approximate surface area is 117 Å². The van der Waals surface area contributed by atoms with Crippen molar-refractivity contribution in [3.63, 3.8) is 0 Å². The fourth-order valence-corrected chi connectivity index (χ4v) is 3.41. The third kappa shape index (κ3) is 4.77. The fraction of sp³-hybridized carbons (Fsp3) is 0.933. The van der Waals surface area contributed by atoms with Crippen LogP contribution in [0.2, 0.25) is 0 Å². The van der Waals surface area contributed by atoms with Crippen molar-refractivity contribution >= 4 is 5.91 Å². The molecule has 4 nitrogen and oxygen atoms in total. The number of nitrogens with one attached hydrogen (secondary N) is 1. The standard InChI is InChI=1S/C15H29N3O/c16-12-13-5-3-6-14(11-13)15(19)17-7-4-10-18-8-1-2-9-18/h13-14H,1-12,16H2,(H,17,19). The minimum Gasteiger partial charge on any atom is -0.356 e. The Morgan fingerprint density at radius 3 is 2.74 bits per heavy atom. The van der Waals surface area contributed by atoms with Gasteiger partial charge in [0, 0.05) is 12.5 Å². The summed E-state index contributed by atoms with van der Waals surface area (Å²) in [5.41, 5.74) is 5.72. The molecule has 110 valence electrons. The summed E-state index contributed by atoms with van der Waals surface area (Å²) in [5, 5.41) is 3.11. The molecular formula is C15H29N3O. The van der Waals surface area contributed by atoms with Crippen LogP contribution in [0.25, 0.3) is 0 Å². The average Bonchev–Trinajstić information content (AvgIpc) is 2.96. The quantitative estimate of drug-likeness (QED) is 0.714. The highest BCUT2D eigenvalue weighted by Crippen LogP contribution is 2.28. The van der Waals surface area contributed by atoms with E-state index in [1.54, 1.807) is 0 Å². The molecule has 2 atom stereocenters. The van der Waals surface area contributed by atoms with E-state index in [4.69, 9.17) is 5.73 Å². The number of amides is 1. The lowest BCUT2D eigenvalue weighted by Gasteiger charge is -2.27. The molecule has 2 fully saturated rings. The number of likely N-dealkylation sites (tertiary alicyclic amines) is 1. The first-order valence-electron chi connectivity index (χ1n) is 7.99. The summed E-state index contributed by atoms with van der Waals surface area (Å²) in [7, 11) is 0. The number of hydrogen-bond acceptors (Lipinski definition) is 3. The van der Waals surface area contributed by atoms with Crippen LogP contribution in [-0.4, -0.2) is 43.5 Å². The molecule has 1 saturated carbocycles. The van der Waals surface area contributed by atoms with E-state index < -0.39 is 0 Å². The number of carbonyl (C=O) groups is 1. The fourth-order valence-electron chi connectivity index (χ4n) is 3.41. The molecular weight excluding hydrogens is 238 g/mol. The van der Waals surface area contributed by atoms with E-state index in [9.17, 15) is 4.79 Å². The predicted molar refractivity (Wildman–Crippen MR) is 77.8 cm³/mol. The van der Waals surface area contributed by atoms with E-state index in [2.05, 4.69) is 10.2 Å². The van der Waals surface area contributed by atoms with Crippen LogP contribution in [-0.2, 0) is 4.79 Å². The zero-order chi connectivity index (χ0) is 13.5. The van der Waals surface area contributed by atoms with E-state index in [-0.39, 0.29) is 11.8 Å². The van der Waals surface area contributed by atoms with Crippen LogP contribution in [0.1, 0.15) is 44.9 Å². The molecule has 1 saturated heterocycles. The third-order valence-electron chi connectivity index (χ3n) is 4.64. The van der Waals surface area contributed by atoms with E-state index >= 15 is 0 Å². The number of carbonyl (C=O) groups excluding carboxylic acids is 1. The highest BCUT2D eigenvalue weighted by Gasteiger charge is 2.26. The smallest absolute Gasteiger partial charge is 0.223 e. The average molecular weight is 267 g/mol. The first kappa shape index (κ1) is 14.8. The molecule has 1 aliphatic heterocycles. The maximum Gasteiger partial charge on any atom is 0.223 e. The third-order valence-corrected chi connectivity index (χ3v) is 4.64. The van der Waals surface area contributed by atoms with Gasteiger partial charge in [0.15, 0.2) is 0 Å². The monoisotopic (exact) mass is 267 g/mol. The summed E-state index contributed by atoms with van der Waals surface area (Å²) >= 11 is 0. The highest BCUT2D eigenvalue weighted by molar-refractivity contribution is 5.78. The van der Waals surface area contributed by atoms with Gasteiger partial charge in [-0.25, -0.2) is 0 Å². The van der Waals surface area contributed by atoms with Crippen molar-refractivity contribution in [1.29, 1.82) is 0 Å². The van der Waals surface area contributed by atoms with Gasteiger partial charge in [-0.2, -0.15) is 0 Å². The van der Waals surface area contributed by atoms with Crippen molar-refractivity contribution in [3.05, 3.63) is 0 Å². The SMILES string of the molecule is NCC1CCCC(C(=O)NCCCN2CCCC2)C1. The topological polar surface area (TPSA) is 58.4 Å². The largest absolute Gasteiger partial charge is 0.356 e. The van der Waals surface area contributed by atoms with Gasteiger partial charge in [-0.05, 0) is 70.6 Å². The van der Waals surface area contributed by atoms with E-state index in [1.807, 2.05) is 0 Å². The Balaban J connectivity index is 1.58. The van der Waals surface area contributed by atoms with Crippen molar-refractivity contribution in [2.24, 2.45) is 17.6 Å². The molecule has 2 rings (SSSR count). The van der Waals surface area contributed by atoms with Crippen LogP contribution in [0.3, 0.4) is 0 Å². The maximum atomic E-state index is 12.1. The van der Waals surface area contributed by atoms with Gasteiger partial charge in [-0.1, -0.05) is 6.42 Å². The number of nitrogens with two attached hydrogens (primary N) is 1. The van der Waals surface area contributed by atoms with Gasteiger partial charge in [0.1, 0.15) is 0 Å². The predicted octanol–water partition coefficient (Wildman–Crippen LogP) is 1.35. The molecule has 1 amide bonds. The van der Waals surface area contributed by atoms with Crippen molar-refractivity contribution in [1.82, 2.24) is 10.2 Å². The summed E-state index contributed by atoms with van der Waals surface area (Å²) in [6.07, 6.45) is 8.18. The van der Waals surface area contributed by atoms with Crippen LogP contribution in [0.15, 0.2) is 0 Å². The molecule has 19 heavy (non-hydrogen) atoms. The van der Waals surface area contributed by atoms with Crippen LogP contribution in [0, 0.1) is 11.8 Å². The maximum absolute atomic E-state index is 12.1. The van der Waals surface area contributed by atoms with Crippen molar-refractivity contribution in [2.75, 3.05) is 32.7 Å². The molecule has 2 unspecified atom stereocenters. The summed E-state index contributed by atoms with van der Waals surface area (Å²) in [4.78, 5) is 14.6. The molecule has 0 spiro atoms. The molecule has 0 radical (unpaired) electrons. The molecule has 0 bridgehead atoms. The summed E-state index contributed by atoms with van der Waals surface area (Å²) in [5.74, 6) is 1.04. The summed E-state index contributed by atoms with van der Waals surface area (Å²) < 4.78 is 0. The zero-order valence-electron chi connectivity index (χ0n) is 12.1. The van der Waals surface area contributed by atoms with E-state index in [1.165, 1.54) is 32.4 Å². The van der Waals surface area contributed by atoms with Crippen LogP contribution in [0.5, 0.6) is 0 Å². The van der Waals surface area contributed by atoms with Crippen LogP contribution >= 0.6 is 0 Å². The lowest BCUT2D eigenvalue weighted by Crippen LogP contribution is -2.36. The highest BCUT2D eigenvalue weighted by atomic mass is 16.1. The van der Waals surface area contributed by atoms with Crippen LogP contribution in [0.4, 0.5) is 0 Å². The van der Waals surface area contributed by atoms with Crippen molar-refractivity contribution in [2.45, 2.75) is 44.9 Å². The Kier molecular flexibility index (Phi) is 6.11. The minimum absolute atomic E-state index is 0.217. The van der Waals surface area contributed by atoms with Gasteiger partial charge in [-0.15, -0.1) is 0 Å². The molecule has 0 aromatic heterocycles. The number of nitrogens with zero attached hydrogens (tertiary/aromatic N) is 1. The van der Waals surface area contributed by atoms with Gasteiger partial charge in [-0.3, -0.25) is 4.79 Å². The Hall–Kier alpha value is -0.610. The molecule has 2 aliphatic rings. The van der Waals surface area contributed by atoms with Crippen molar-refractivity contribution < 1.29 is 4.79 Å². The molecule has 0 aromatic rings. The Bertz CT molecular complexity index is 277. The molecule has 1 heterocycles. The normalized spacial score (nSPS) is 28.5. The zero-order valence-corrected chi connectivity index (χ0v) is 12.1. The molecule has 3 N–H and O–H groups in total. The second kappa shape index (κ2) is 7.85. The van der Waals surface area contributed by atoms with Crippen LogP contribution < -0.4 is 11.1 Å². The molecule has 1 aliphatic carbocycles. The lowest BCUT2D eigenvalue weighted by molar-refractivity contribution is -0.126. The molecule has 4 heteroatoms. The number of hydrogen-bond donors (Lipinski definition) is 2. The van der Waals surface area contributed by atoms with E-state index in [0.717, 1.165) is 45.3 Å². The van der Waals surface area contributed by atoms with Crippen molar-refractivity contribution in [3.8, 4) is 0 Å². The first-order valence-corrected chi connectivity index (χ1v) is 7.99. The second-order valence-electron chi connectivity index (χ2n) is 6.16. The first-order chi connectivity index (χ1) is 9.29. The second-order valence-corrected chi connectivity index (χ2v) is 6.16. The van der Waals surface area contributed by atoms with Gasteiger partial charge in [0.25, 0.3) is 0 Å². The number of rotatable bonds is 6. The Morgan fingerprint density at radius 1 is 1.21 bits per heavy atom. The van der Waals surface area contributed by atoms with Gasteiger partial charge < -0.3 is 16.0 Å². The summed E-state index contributed by atoms with van der Waals surface area (Å²) in [6, 6.07) is 0. The molecule has 0 aromatic carbocycles. The van der Waals surface area contributed by atoms with Gasteiger partial charge >= 0.3 is 0 Å². The lowest BCUT2D eigenvalue weighted by atomic mass is 9.81. The Morgan fingerprint density at radius 2 is 2.00 bits per heavy atom. The minimum atomic E-state index is 0.217. The van der Waals surface area contributed by atoms with Gasteiger partial charge in [0.05, 0.1) is 0 Å². The van der Waals surface area contributed by atoms with Gasteiger partial charge in [0.2, 0.25) is 5.91 Å². The summed E-state index contributed by atoms with van der Waals surface area (Å²) in [6.45, 7) is 5.19. The van der Waals surface area contributed by atoms with E-state index in [0.29, 0.717) is 5.92 Å².